The van der Waals surface area contributed by atoms with Crippen molar-refractivity contribution < 1.29 is 105 Å². The molecule has 14 N–H and O–H groups in total. The number of carbonyl (C=O) groups excluding carboxylic acids is 7. The van der Waals surface area contributed by atoms with E-state index < -0.39 is 69.8 Å². The lowest BCUT2D eigenvalue weighted by Gasteiger charge is -2.12. The number of anilines is 7. The number of carbonyl (C=O) groups is 7. The highest BCUT2D eigenvalue weighted by Gasteiger charge is 2.34. The van der Waals surface area contributed by atoms with Gasteiger partial charge in [0.1, 0.15) is 46.1 Å². The SMILES string of the molecule is C=Cc1cc(C)cc(NC(=O)c2cc(Cl)ccc2O)c1.C=Cc1cc(C=C)cc(NC(=O)c2cc(Cl)ccc2O)c1.Cc1cc(NC(=O)c2cc(Cl)ccc2O)cc(C(F)(F)F)c1.Cc1cc(NC(=O)c2cc(Cl)ccc2O)ccc1C#N.Cc1cc(NC(=O)c2cc(Cl)ccc2O)ccc1C(F)(F)F.Cc1cc(NC(=O)c2cc(Cl)ccc2O)ccc1F.Cc1cc(NC(=O)c2cc(Cl)ccc2O)ccc1[N+](=O)[O-]. The third-order valence-corrected chi connectivity index (χ3v) is 21.5. The Bertz CT molecular complexity index is 7350. The van der Waals surface area contributed by atoms with Crippen molar-refractivity contribution in [2.24, 2.45) is 0 Å². The Morgan fingerprint density at radius 2 is 0.579 bits per heavy atom. The molecule has 0 fully saturated rings. The smallest absolute Gasteiger partial charge is 0.416 e. The van der Waals surface area contributed by atoms with Gasteiger partial charge < -0.3 is 73.0 Å². The lowest BCUT2D eigenvalue weighted by molar-refractivity contribution is -0.385. The highest BCUT2D eigenvalue weighted by molar-refractivity contribution is 6.34. The van der Waals surface area contributed by atoms with Gasteiger partial charge in [0.25, 0.3) is 47.0 Å². The number of benzene rings is 14. The van der Waals surface area contributed by atoms with Crippen LogP contribution in [0.3, 0.4) is 0 Å². The van der Waals surface area contributed by atoms with E-state index in [1.807, 2.05) is 25.1 Å². The number of nitrogens with one attached hydrogen (secondary N) is 7. The molecule has 0 aromatic heterocycles. The summed E-state index contributed by atoms with van der Waals surface area (Å²) in [7, 11) is 0. The van der Waals surface area contributed by atoms with Gasteiger partial charge in [0.2, 0.25) is 0 Å². The molecule has 746 valence electrons. The Morgan fingerprint density at radius 1 is 0.317 bits per heavy atom. The average Bonchev–Trinajstić information content (AvgIpc) is 0.816. The predicted molar refractivity (Wildman–Crippen MR) is 553 cm³/mol. The molecule has 0 saturated carbocycles. The summed E-state index contributed by atoms with van der Waals surface area (Å²) in [5, 5.41) is 107. The fraction of sp³-hybridized carbons (Fsp3) is 0.0755. The van der Waals surface area contributed by atoms with Gasteiger partial charge in [-0.1, -0.05) is 125 Å². The first-order chi connectivity index (χ1) is 68.2. The van der Waals surface area contributed by atoms with E-state index in [9.17, 15) is 110 Å². The van der Waals surface area contributed by atoms with Gasteiger partial charge in [-0.05, 0) is 329 Å². The molecule has 7 amide bonds. The zero-order chi connectivity index (χ0) is 107. The monoisotopic (exact) mass is 2120 g/mol. The van der Waals surface area contributed by atoms with Crippen LogP contribution in [-0.2, 0) is 12.4 Å². The highest BCUT2D eigenvalue weighted by Crippen LogP contribution is 2.38. The Balaban J connectivity index is 0.000000207. The summed E-state index contributed by atoms with van der Waals surface area (Å²) in [6.45, 7) is 20.8. The van der Waals surface area contributed by atoms with Crippen LogP contribution in [0.5, 0.6) is 40.2 Å². The van der Waals surface area contributed by atoms with Crippen molar-refractivity contribution in [1.29, 1.82) is 5.26 Å². The number of halogens is 14. The first-order valence-corrected chi connectivity index (χ1v) is 44.5. The van der Waals surface area contributed by atoms with Crippen LogP contribution in [0.25, 0.3) is 18.2 Å². The number of phenolic OH excluding ortho intramolecular Hbond substituents is 7. The number of alkyl halides is 6. The Labute approximate surface area is 859 Å². The molecular formula is C106H83Cl7F7N9O16. The third-order valence-electron chi connectivity index (χ3n) is 19.8. The summed E-state index contributed by atoms with van der Waals surface area (Å²) in [5.74, 6) is -5.46. The van der Waals surface area contributed by atoms with Crippen molar-refractivity contribution in [3.63, 3.8) is 0 Å². The van der Waals surface area contributed by atoms with Gasteiger partial charge in [0, 0.05) is 86.6 Å². The molecule has 0 spiro atoms. The van der Waals surface area contributed by atoms with Gasteiger partial charge in [-0.15, -0.1) is 0 Å². The van der Waals surface area contributed by atoms with Crippen molar-refractivity contribution in [3.05, 3.63) is 431 Å². The quantitative estimate of drug-likeness (QED) is 0.0215. The van der Waals surface area contributed by atoms with Gasteiger partial charge in [-0.25, -0.2) is 4.39 Å². The second-order valence-corrected chi connectivity index (χ2v) is 34.0. The molecule has 39 heteroatoms. The van der Waals surface area contributed by atoms with Gasteiger partial charge in [-0.2, -0.15) is 31.6 Å². The molecule has 14 aromatic rings. The van der Waals surface area contributed by atoms with E-state index in [2.05, 4.69) is 63.0 Å². The molecule has 14 aromatic carbocycles. The summed E-state index contributed by atoms with van der Waals surface area (Å²) >= 11 is 40.5. The van der Waals surface area contributed by atoms with Crippen LogP contribution in [0.1, 0.15) is 139 Å². The minimum absolute atomic E-state index is 0.0133. The van der Waals surface area contributed by atoms with Crippen molar-refractivity contribution >= 4 is 186 Å². The van der Waals surface area contributed by atoms with E-state index in [-0.39, 0.29) is 118 Å². The number of nitro benzene ring substituents is 1. The first kappa shape index (κ1) is 114. The summed E-state index contributed by atoms with van der Waals surface area (Å²) in [4.78, 5) is 94.7. The molecule has 0 saturated heterocycles. The zero-order valence-electron chi connectivity index (χ0n) is 76.6. The van der Waals surface area contributed by atoms with E-state index in [1.165, 1.54) is 190 Å². The van der Waals surface area contributed by atoms with Gasteiger partial charge in [0.05, 0.1) is 66.6 Å². The average molecular weight is 2120 g/mol. The second kappa shape index (κ2) is 51.9. The zero-order valence-corrected chi connectivity index (χ0v) is 81.9. The summed E-state index contributed by atoms with van der Waals surface area (Å²) in [5.41, 5.74) is 7.52. The van der Waals surface area contributed by atoms with Crippen LogP contribution >= 0.6 is 81.2 Å². The molecule has 0 unspecified atom stereocenters. The minimum atomic E-state index is -4.51. The number of nitro groups is 1. The van der Waals surface area contributed by atoms with Crippen LogP contribution in [0, 0.1) is 68.8 Å². The van der Waals surface area contributed by atoms with Crippen LogP contribution in [0.15, 0.2) is 275 Å². The Kier molecular flexibility index (Phi) is 40.7. The van der Waals surface area contributed by atoms with E-state index in [1.54, 1.807) is 75.4 Å². The molecule has 0 bridgehead atoms. The van der Waals surface area contributed by atoms with E-state index in [4.69, 9.17) is 86.5 Å². The molecule has 0 heterocycles. The van der Waals surface area contributed by atoms with Crippen LogP contribution < -0.4 is 37.2 Å². The first-order valence-electron chi connectivity index (χ1n) is 41.9. The Morgan fingerprint density at radius 3 is 0.855 bits per heavy atom. The van der Waals surface area contributed by atoms with Crippen molar-refractivity contribution in [2.45, 2.75) is 53.9 Å². The predicted octanol–water partition coefficient (Wildman–Crippen LogP) is 28.8. The van der Waals surface area contributed by atoms with Gasteiger partial charge >= 0.3 is 12.4 Å². The molecule has 0 aliphatic heterocycles. The lowest BCUT2D eigenvalue weighted by atomic mass is 10.1. The number of amides is 7. The Hall–Kier alpha value is -16.4. The molecule has 0 aliphatic carbocycles. The normalized spacial score (nSPS) is 10.4. The van der Waals surface area contributed by atoms with Crippen molar-refractivity contribution in [2.75, 3.05) is 37.2 Å². The van der Waals surface area contributed by atoms with E-state index >= 15 is 0 Å². The number of nitrogens with zero attached hydrogens (tertiary/aromatic N) is 2. The number of aromatic hydroxyl groups is 7. The summed E-state index contributed by atoms with van der Waals surface area (Å²) in [6, 6.07) is 61.9. The number of nitriles is 1. The van der Waals surface area contributed by atoms with Crippen LogP contribution in [-0.4, -0.2) is 82.0 Å². The topological polar surface area (TPSA) is 412 Å². The fourth-order valence-electron chi connectivity index (χ4n) is 12.8. The third kappa shape index (κ3) is 34.2. The lowest BCUT2D eigenvalue weighted by Crippen LogP contribution is -2.13. The molecule has 14 rings (SSSR count). The number of rotatable bonds is 18. The molecule has 0 atom stereocenters. The molecular weight excluding hydrogens is 2040 g/mol. The second-order valence-electron chi connectivity index (χ2n) is 30.9. The van der Waals surface area contributed by atoms with Gasteiger partial charge in [0.15, 0.2) is 0 Å². The molecule has 0 radical (unpaired) electrons. The molecule has 145 heavy (non-hydrogen) atoms. The van der Waals surface area contributed by atoms with Gasteiger partial charge in [-0.3, -0.25) is 43.7 Å². The maximum absolute atomic E-state index is 13.1. The van der Waals surface area contributed by atoms with E-state index in [0.29, 0.717) is 75.8 Å². The molecule has 25 nitrogen and oxygen atoms in total. The van der Waals surface area contributed by atoms with Crippen LogP contribution in [0.4, 0.5) is 76.2 Å². The maximum atomic E-state index is 13.1. The summed E-state index contributed by atoms with van der Waals surface area (Å²) < 4.78 is 89.4. The standard InChI is InChI=1S/C17H14ClNO2.C16H14ClNO2.2C15H11ClF3NO2.C15H11ClN2O2.C14H11ClFNO2.C14H11ClN2O4/c1-3-11-7-12(4-2)9-14(8-11)19-17(21)15-10-13(18)5-6-16(15)20;1-3-11-6-10(2)7-13(8-11)18-16(20)14-9-12(17)4-5-15(14)19;1-8-6-10(3-4-12(8)15(17,18)19)20-14(22)11-7-9(16)2-5-13(11)21;1-8-4-9(15(17,18)19)6-11(5-8)20-14(22)12-7-10(16)2-3-13(12)21;1-9-6-12(4-2-10(9)8-17)18-15(20)13-7-11(16)3-5-14(13)19;1-8-6-10(3-4-12(8)16)17-14(19)11-7-9(15)2-5-13(11)18;1-8-6-10(3-4-12(8)17(20)21)16-14(19)11-7-9(15)2-5-13(11)18/h3-10,20H,1-2H2,(H,19,21);3-9,19H,1H2,2H3,(H,18,20);2*2-7,21H,1H3,(H,20,22);2-7,19H,1H3,(H,18,20);2-7,18H,1H3,(H,17,19);2-7,18H,1H3,(H,16,19). The number of aryl methyl sites for hydroxylation is 6. The van der Waals surface area contributed by atoms with Crippen molar-refractivity contribution in [3.8, 4) is 46.3 Å². The highest BCUT2D eigenvalue weighted by atomic mass is 35.5. The number of hydrogen-bond donors (Lipinski definition) is 14. The minimum Gasteiger partial charge on any atom is -0.507 e. The number of phenols is 7. The van der Waals surface area contributed by atoms with Crippen LogP contribution in [0.2, 0.25) is 35.2 Å². The fourth-order valence-corrected chi connectivity index (χ4v) is 14.0. The summed E-state index contributed by atoms with van der Waals surface area (Å²) in [6.07, 6.45) is -3.89. The van der Waals surface area contributed by atoms with E-state index in [0.717, 1.165) is 52.1 Å². The maximum Gasteiger partial charge on any atom is 0.416 e. The van der Waals surface area contributed by atoms with Crippen molar-refractivity contribution in [1.82, 2.24) is 0 Å². The number of hydrogen-bond acceptors (Lipinski definition) is 17. The molecule has 0 aliphatic rings. The largest absolute Gasteiger partial charge is 0.507 e.